The zero-order chi connectivity index (χ0) is 20.2. The Morgan fingerprint density at radius 3 is 2.90 bits per heavy atom. The van der Waals surface area contributed by atoms with Crippen molar-refractivity contribution in [2.24, 2.45) is 5.92 Å². The molecular weight excluding hydrogens is 366 g/mol. The van der Waals surface area contributed by atoms with Gasteiger partial charge in [0.15, 0.2) is 5.69 Å². The molecule has 3 heterocycles. The molecule has 2 N–H and O–H groups in total. The highest BCUT2D eigenvalue weighted by Crippen LogP contribution is 2.28. The summed E-state index contributed by atoms with van der Waals surface area (Å²) in [6, 6.07) is 8.08. The largest absolute Gasteiger partial charge is 0.381 e. The number of H-pyrrole nitrogens is 1. The lowest BCUT2D eigenvalue weighted by molar-refractivity contribution is 0.0642. The molecule has 1 fully saturated rings. The molecule has 29 heavy (non-hydrogen) atoms. The fourth-order valence-electron chi connectivity index (χ4n) is 3.79. The summed E-state index contributed by atoms with van der Waals surface area (Å²) in [5, 5.41) is 11.1. The SMILES string of the molecule is CN(C)Cc1ccncc1-c1ccc2[nH]nc(C(=O)NCC3CCOCC3)c2c1. The minimum absolute atomic E-state index is 0.139. The Balaban J connectivity index is 1.59. The summed E-state index contributed by atoms with van der Waals surface area (Å²) >= 11 is 0. The Labute approximate surface area is 170 Å². The zero-order valence-corrected chi connectivity index (χ0v) is 16.9. The third kappa shape index (κ3) is 4.46. The number of hydrogen-bond acceptors (Lipinski definition) is 5. The van der Waals surface area contributed by atoms with Crippen LogP contribution in [0.15, 0.2) is 36.7 Å². The minimum atomic E-state index is -0.139. The predicted octanol–water partition coefficient (Wildman–Crippen LogP) is 2.84. The van der Waals surface area contributed by atoms with Crippen molar-refractivity contribution < 1.29 is 9.53 Å². The van der Waals surface area contributed by atoms with Crippen molar-refractivity contribution in [3.63, 3.8) is 0 Å². The Morgan fingerprint density at radius 1 is 1.28 bits per heavy atom. The molecule has 0 spiro atoms. The normalized spacial score (nSPS) is 15.1. The van der Waals surface area contributed by atoms with Gasteiger partial charge in [-0.2, -0.15) is 5.10 Å². The van der Waals surface area contributed by atoms with Gasteiger partial charge in [-0.25, -0.2) is 0 Å². The van der Waals surface area contributed by atoms with Crippen LogP contribution in [0.1, 0.15) is 28.9 Å². The van der Waals surface area contributed by atoms with E-state index in [0.717, 1.165) is 54.6 Å². The molecule has 7 nitrogen and oxygen atoms in total. The second-order valence-electron chi connectivity index (χ2n) is 7.87. The van der Waals surface area contributed by atoms with Gasteiger partial charge >= 0.3 is 0 Å². The summed E-state index contributed by atoms with van der Waals surface area (Å²) in [5.74, 6) is 0.331. The van der Waals surface area contributed by atoms with Gasteiger partial charge in [0, 0.05) is 49.6 Å². The fraction of sp³-hybridized carbons (Fsp3) is 0.409. The Morgan fingerprint density at radius 2 is 2.10 bits per heavy atom. The number of hydrogen-bond donors (Lipinski definition) is 2. The van der Waals surface area contributed by atoms with Crippen LogP contribution in [-0.4, -0.2) is 59.8 Å². The molecule has 152 valence electrons. The number of amides is 1. The maximum Gasteiger partial charge on any atom is 0.272 e. The number of carbonyl (C=O) groups is 1. The number of rotatable bonds is 6. The van der Waals surface area contributed by atoms with Crippen molar-refractivity contribution in [2.75, 3.05) is 33.9 Å². The standard InChI is InChI=1S/C22H27N5O2/c1-27(2)14-17-5-8-23-13-19(17)16-3-4-20-18(11-16)21(26-25-20)22(28)24-12-15-6-9-29-10-7-15/h3-5,8,11,13,15H,6-7,9-10,12,14H2,1-2H3,(H,24,28)(H,25,26). The third-order valence-corrected chi connectivity index (χ3v) is 5.38. The Bertz CT molecular complexity index is 992. The lowest BCUT2D eigenvalue weighted by Crippen LogP contribution is -2.32. The molecule has 0 radical (unpaired) electrons. The van der Waals surface area contributed by atoms with E-state index in [4.69, 9.17) is 4.74 Å². The van der Waals surface area contributed by atoms with E-state index < -0.39 is 0 Å². The smallest absolute Gasteiger partial charge is 0.272 e. The first-order valence-corrected chi connectivity index (χ1v) is 10.0. The van der Waals surface area contributed by atoms with Crippen molar-refractivity contribution in [3.05, 3.63) is 47.9 Å². The molecule has 1 aromatic carbocycles. The first-order valence-electron chi connectivity index (χ1n) is 10.0. The van der Waals surface area contributed by atoms with E-state index in [1.807, 2.05) is 50.8 Å². The highest BCUT2D eigenvalue weighted by Gasteiger charge is 2.19. The van der Waals surface area contributed by atoms with Crippen molar-refractivity contribution in [2.45, 2.75) is 19.4 Å². The van der Waals surface area contributed by atoms with E-state index >= 15 is 0 Å². The molecule has 3 aromatic rings. The number of pyridine rings is 1. The lowest BCUT2D eigenvalue weighted by Gasteiger charge is -2.21. The van der Waals surface area contributed by atoms with Gasteiger partial charge in [-0.05, 0) is 62.2 Å². The average molecular weight is 393 g/mol. The molecule has 0 aliphatic carbocycles. The van der Waals surface area contributed by atoms with Gasteiger partial charge in [0.05, 0.1) is 5.52 Å². The summed E-state index contributed by atoms with van der Waals surface area (Å²) in [5.41, 5.74) is 4.58. The third-order valence-electron chi connectivity index (χ3n) is 5.38. The number of aromatic nitrogens is 3. The van der Waals surface area contributed by atoms with E-state index in [9.17, 15) is 4.79 Å². The van der Waals surface area contributed by atoms with Crippen LogP contribution in [0.25, 0.3) is 22.0 Å². The van der Waals surface area contributed by atoms with Gasteiger partial charge in [-0.3, -0.25) is 14.9 Å². The Kier molecular flexibility index (Phi) is 5.87. The van der Waals surface area contributed by atoms with Gasteiger partial charge in [-0.1, -0.05) is 6.07 Å². The summed E-state index contributed by atoms with van der Waals surface area (Å²) in [7, 11) is 4.09. The maximum atomic E-state index is 12.8. The number of carbonyl (C=O) groups excluding carboxylic acids is 1. The topological polar surface area (TPSA) is 83.1 Å². The number of aromatic amines is 1. The van der Waals surface area contributed by atoms with Crippen molar-refractivity contribution in [3.8, 4) is 11.1 Å². The van der Waals surface area contributed by atoms with Crippen LogP contribution in [0, 0.1) is 5.92 Å². The van der Waals surface area contributed by atoms with Gasteiger partial charge < -0.3 is 15.0 Å². The van der Waals surface area contributed by atoms with Crippen LogP contribution in [0.2, 0.25) is 0 Å². The van der Waals surface area contributed by atoms with Crippen LogP contribution in [0.5, 0.6) is 0 Å². The summed E-state index contributed by atoms with van der Waals surface area (Å²) < 4.78 is 5.39. The first kappa shape index (κ1) is 19.5. The first-order chi connectivity index (χ1) is 14.1. The molecule has 1 saturated heterocycles. The summed E-state index contributed by atoms with van der Waals surface area (Å²) in [6.07, 6.45) is 5.67. The molecule has 2 aromatic heterocycles. The highest BCUT2D eigenvalue weighted by atomic mass is 16.5. The molecule has 0 atom stereocenters. The Hall–Kier alpha value is -2.77. The zero-order valence-electron chi connectivity index (χ0n) is 16.9. The van der Waals surface area contributed by atoms with Crippen LogP contribution < -0.4 is 5.32 Å². The van der Waals surface area contributed by atoms with Crippen LogP contribution in [-0.2, 0) is 11.3 Å². The van der Waals surface area contributed by atoms with Crippen molar-refractivity contribution >= 4 is 16.8 Å². The molecular formula is C22H27N5O2. The number of benzene rings is 1. The summed E-state index contributed by atoms with van der Waals surface area (Å²) in [4.78, 5) is 19.2. The van der Waals surface area contributed by atoms with E-state index in [0.29, 0.717) is 18.2 Å². The van der Waals surface area contributed by atoms with Crippen LogP contribution >= 0.6 is 0 Å². The van der Waals surface area contributed by atoms with E-state index in [1.165, 1.54) is 5.56 Å². The molecule has 1 aliphatic rings. The molecule has 0 saturated carbocycles. The van der Waals surface area contributed by atoms with Crippen molar-refractivity contribution in [1.29, 1.82) is 0 Å². The molecule has 4 rings (SSSR count). The summed E-state index contributed by atoms with van der Waals surface area (Å²) in [6.45, 7) is 3.02. The van der Waals surface area contributed by atoms with Crippen LogP contribution in [0.4, 0.5) is 0 Å². The average Bonchev–Trinajstić information content (AvgIpc) is 3.16. The molecule has 0 bridgehead atoms. The number of ether oxygens (including phenoxy) is 1. The molecule has 0 unspecified atom stereocenters. The predicted molar refractivity (Wildman–Crippen MR) is 113 cm³/mol. The van der Waals surface area contributed by atoms with Gasteiger partial charge in [-0.15, -0.1) is 0 Å². The van der Waals surface area contributed by atoms with E-state index in [1.54, 1.807) is 0 Å². The fourth-order valence-corrected chi connectivity index (χ4v) is 3.79. The van der Waals surface area contributed by atoms with E-state index in [2.05, 4.69) is 25.4 Å². The van der Waals surface area contributed by atoms with Gasteiger partial charge in [0.25, 0.3) is 5.91 Å². The molecule has 1 amide bonds. The number of fused-ring (bicyclic) bond motifs is 1. The van der Waals surface area contributed by atoms with Gasteiger partial charge in [0.1, 0.15) is 0 Å². The molecule has 1 aliphatic heterocycles. The van der Waals surface area contributed by atoms with Crippen molar-refractivity contribution in [1.82, 2.24) is 25.4 Å². The van der Waals surface area contributed by atoms with Crippen LogP contribution in [0.3, 0.4) is 0 Å². The number of nitrogens with zero attached hydrogens (tertiary/aromatic N) is 3. The lowest BCUT2D eigenvalue weighted by atomic mass is 9.99. The monoisotopic (exact) mass is 393 g/mol. The van der Waals surface area contributed by atoms with E-state index in [-0.39, 0.29) is 5.91 Å². The second-order valence-corrected chi connectivity index (χ2v) is 7.87. The maximum absolute atomic E-state index is 12.8. The quantitative estimate of drug-likeness (QED) is 0.673. The molecule has 7 heteroatoms. The second kappa shape index (κ2) is 8.71. The minimum Gasteiger partial charge on any atom is -0.381 e. The number of nitrogens with one attached hydrogen (secondary N) is 2. The van der Waals surface area contributed by atoms with Gasteiger partial charge in [0.2, 0.25) is 0 Å². The highest BCUT2D eigenvalue weighted by molar-refractivity contribution is 6.05.